The number of pyridine rings is 5. The number of thiophene rings is 3. The van der Waals surface area contributed by atoms with E-state index in [1.54, 1.807) is 23.5 Å². The molecule has 73 heavy (non-hydrogen) atoms. The molecule has 0 saturated carbocycles. The van der Waals surface area contributed by atoms with E-state index in [9.17, 15) is 0 Å². The number of nitrogens with zero attached hydrogens (tertiary/aromatic N) is 6. The average molecular weight is 1130 g/mol. The molecule has 8 nitrogen and oxygen atoms in total. The Morgan fingerprint density at radius 3 is 1.63 bits per heavy atom. The first-order valence-electron chi connectivity index (χ1n) is 25.9. The monoisotopic (exact) mass is 1130 g/mol. The summed E-state index contributed by atoms with van der Waals surface area (Å²) < 4.78 is 4.27. The summed E-state index contributed by atoms with van der Waals surface area (Å²) in [6.07, 6.45) is 32.0. The Morgan fingerprint density at radius 2 is 1.10 bits per heavy atom. The van der Waals surface area contributed by atoms with Crippen molar-refractivity contribution in [3.8, 4) is 53.7 Å². The molecule has 9 rings (SSSR count). The number of hydrogen-bond acceptors (Lipinski definition) is 11. The summed E-state index contributed by atoms with van der Waals surface area (Å²) in [7, 11) is -0.170. The van der Waals surface area contributed by atoms with Crippen LogP contribution in [0.3, 0.4) is 0 Å². The summed E-state index contributed by atoms with van der Waals surface area (Å²) in [4.78, 5) is 35.0. The van der Waals surface area contributed by atoms with Crippen molar-refractivity contribution in [2.45, 2.75) is 129 Å². The van der Waals surface area contributed by atoms with Gasteiger partial charge in [-0.05, 0) is 152 Å². The molecule has 380 valence electrons. The minimum absolute atomic E-state index is 0. The fourth-order valence-electron chi connectivity index (χ4n) is 9.02. The van der Waals surface area contributed by atoms with Crippen LogP contribution >= 0.6 is 42.8 Å². The molecule has 0 amide bonds. The molecule has 0 spiro atoms. The molecule has 13 heteroatoms. The Balaban J connectivity index is 0.000000295. The van der Waals surface area contributed by atoms with E-state index in [-0.39, 0.29) is 28.3 Å². The molecule has 1 atom stereocenters. The summed E-state index contributed by atoms with van der Waals surface area (Å²) in [5.74, 6) is 0. The minimum Gasteiger partial charge on any atom is -0.259 e. The first-order valence-corrected chi connectivity index (χ1v) is 29.4. The molecule has 0 saturated heterocycles. The van der Waals surface area contributed by atoms with Crippen LogP contribution < -0.4 is 5.30 Å². The van der Waals surface area contributed by atoms with E-state index in [0.29, 0.717) is 0 Å². The van der Waals surface area contributed by atoms with Gasteiger partial charge in [0.25, 0.3) is 0 Å². The fourth-order valence-corrected chi connectivity index (χ4v) is 12.9. The van der Waals surface area contributed by atoms with Crippen LogP contribution in [-0.4, -0.2) is 36.4 Å². The predicted molar refractivity (Wildman–Crippen MR) is 308 cm³/mol. The number of aliphatic imine (C=N–C) groups is 1. The molecule has 1 unspecified atom stereocenters. The van der Waals surface area contributed by atoms with E-state index in [1.807, 2.05) is 95.7 Å². The normalized spacial score (nSPS) is 12.2. The largest absolute Gasteiger partial charge is 0.259 e. The zero-order chi connectivity index (χ0) is 49.6. The van der Waals surface area contributed by atoms with Crippen LogP contribution in [0.5, 0.6) is 0 Å². The number of allylic oxidation sites excluding steroid dienone is 1. The van der Waals surface area contributed by atoms with Gasteiger partial charge in [0.2, 0.25) is 0 Å². The van der Waals surface area contributed by atoms with E-state index < -0.39 is 0 Å². The molecule has 8 aromatic heterocycles. The van der Waals surface area contributed by atoms with E-state index in [1.165, 1.54) is 120 Å². The number of aryl methyl sites for hydroxylation is 2. The molecular formula is C60H67N6O2PRuS3. The molecular weight excluding hydrogens is 1060 g/mol. The van der Waals surface area contributed by atoms with Crippen LogP contribution in [0, 0.1) is 0 Å². The van der Waals surface area contributed by atoms with Crippen LogP contribution in [-0.2, 0) is 49.8 Å². The van der Waals surface area contributed by atoms with Crippen LogP contribution in [0.4, 0.5) is 0 Å². The summed E-state index contributed by atoms with van der Waals surface area (Å²) in [6.45, 7) is 4.62. The number of unbranched alkanes of at least 4 members (excludes halogenated alkanes) is 10. The van der Waals surface area contributed by atoms with Gasteiger partial charge in [-0.3, -0.25) is 19.9 Å². The molecule has 0 aromatic carbocycles. The van der Waals surface area contributed by atoms with Gasteiger partial charge in [-0.25, -0.2) is 19.9 Å². The Kier molecular flexibility index (Phi) is 23.4. The molecule has 1 aliphatic rings. The average Bonchev–Trinajstić information content (AvgIpc) is 4.23. The zero-order valence-electron chi connectivity index (χ0n) is 42.1. The smallest absolute Gasteiger partial charge is 0.0901 e. The number of hydrogen-bond donors (Lipinski definition) is 1. The van der Waals surface area contributed by atoms with E-state index in [4.69, 9.17) is 15.2 Å². The third-order valence-corrected chi connectivity index (χ3v) is 17.0. The third-order valence-electron chi connectivity index (χ3n) is 12.7. The van der Waals surface area contributed by atoms with Crippen molar-refractivity contribution in [3.05, 3.63) is 160 Å². The summed E-state index contributed by atoms with van der Waals surface area (Å²) in [6, 6.07) is 34.9. The van der Waals surface area contributed by atoms with Crippen molar-refractivity contribution >= 4 is 60.0 Å². The summed E-state index contributed by atoms with van der Waals surface area (Å²) in [5, 5.41) is 11.8. The van der Waals surface area contributed by atoms with Crippen molar-refractivity contribution in [2.24, 2.45) is 4.99 Å². The maximum atomic E-state index is 8.70. The first kappa shape index (κ1) is 56.0. The molecule has 0 aliphatic carbocycles. The molecule has 8 aromatic rings. The van der Waals surface area contributed by atoms with E-state index >= 15 is 0 Å². The fraction of sp³-hybridized carbons (Fsp3) is 0.333. The number of aromatic nitrogens is 5. The molecule has 0 bridgehead atoms. The van der Waals surface area contributed by atoms with Gasteiger partial charge in [-0.2, -0.15) is 0 Å². The zero-order valence-corrected chi connectivity index (χ0v) is 47.3. The van der Waals surface area contributed by atoms with Gasteiger partial charge in [-0.1, -0.05) is 108 Å². The number of rotatable bonds is 25. The standard InChI is InChI=1S/C45H55N3S3.C15H12N3O2P.Ru/c1-3-5-7-9-11-13-20-36-37(21-14-12-10-8-6-4-2)45(51-44(36)42-24-19-31-49-42)43-28-27-35(50-43)26-25-34-32-40(38-22-15-17-29-46-38)48-41(33-34)39-23-16-18-30-47-39;19-20-21-11-9-14(12-5-1-3-7-16-12)18-15(10-11)13-6-2-4-8-17-13;/h15,17,19,22-24,27-33H,3-14,16,18,20-21,25-26H2,1-2H3;1-10,19,21H;. The maximum absolute atomic E-state index is 8.70. The Morgan fingerprint density at radius 1 is 0.534 bits per heavy atom. The minimum atomic E-state index is -0.170. The molecule has 1 aliphatic heterocycles. The van der Waals surface area contributed by atoms with Crippen LogP contribution in [0.25, 0.3) is 59.4 Å². The summed E-state index contributed by atoms with van der Waals surface area (Å²) >= 11 is 5.99. The Hall–Kier alpha value is -4.77. The third kappa shape index (κ3) is 16.6. The van der Waals surface area contributed by atoms with E-state index in [0.717, 1.165) is 76.5 Å². The van der Waals surface area contributed by atoms with Crippen LogP contribution in [0.15, 0.2) is 138 Å². The quantitative estimate of drug-likeness (QED) is 0.0200. The van der Waals surface area contributed by atoms with Crippen molar-refractivity contribution in [1.82, 2.24) is 24.9 Å². The molecule has 0 radical (unpaired) electrons. The van der Waals surface area contributed by atoms with Gasteiger partial charge >= 0.3 is 0 Å². The molecule has 0 fully saturated rings. The first-order chi connectivity index (χ1) is 35.6. The van der Waals surface area contributed by atoms with Gasteiger partial charge < -0.3 is 0 Å². The second-order valence-corrected chi connectivity index (χ2v) is 22.3. The molecule has 1 N–H and O–H groups in total. The SMILES string of the molecule is CCCCCCCCc1c(-c2cccs2)sc(-c2ccc(CCc3cc(C4=CCCC=N4)nc(-c4ccccn4)c3)s2)c1CCCCCCCC.OOPc1cc(-c2ccccn2)nc(-c2ccccn2)c1.[Ru]. The summed E-state index contributed by atoms with van der Waals surface area (Å²) in [5.41, 5.74) is 11.3. The van der Waals surface area contributed by atoms with Crippen molar-refractivity contribution < 1.29 is 29.4 Å². The van der Waals surface area contributed by atoms with Gasteiger partial charge in [0.1, 0.15) is 0 Å². The second-order valence-electron chi connectivity index (χ2n) is 18.2. The van der Waals surface area contributed by atoms with Crippen molar-refractivity contribution in [1.29, 1.82) is 0 Å². The van der Waals surface area contributed by atoms with Crippen LogP contribution in [0.1, 0.15) is 131 Å². The van der Waals surface area contributed by atoms with Gasteiger partial charge in [-0.15, -0.1) is 34.0 Å². The topological polar surface area (TPSA) is 106 Å². The van der Waals surface area contributed by atoms with Crippen LogP contribution in [0.2, 0.25) is 0 Å². The van der Waals surface area contributed by atoms with Gasteiger partial charge in [0.05, 0.1) is 54.4 Å². The van der Waals surface area contributed by atoms with Gasteiger partial charge in [0.15, 0.2) is 0 Å². The van der Waals surface area contributed by atoms with Crippen molar-refractivity contribution in [2.75, 3.05) is 0 Å². The Bertz CT molecular complexity index is 2870. The van der Waals surface area contributed by atoms with E-state index in [2.05, 4.69) is 104 Å². The maximum Gasteiger partial charge on any atom is 0.0901 e. The Labute approximate surface area is 459 Å². The van der Waals surface area contributed by atoms with Gasteiger partial charge in [0, 0.05) is 74.0 Å². The molecule has 9 heterocycles. The predicted octanol–water partition coefficient (Wildman–Crippen LogP) is 17.4. The van der Waals surface area contributed by atoms with Crippen molar-refractivity contribution in [3.63, 3.8) is 0 Å². The second kappa shape index (κ2) is 30.6.